The third-order valence-corrected chi connectivity index (χ3v) is 7.93. The van der Waals surface area contributed by atoms with E-state index in [0.29, 0.717) is 42.0 Å². The van der Waals surface area contributed by atoms with Crippen molar-refractivity contribution in [2.24, 2.45) is 0 Å². The van der Waals surface area contributed by atoms with Crippen LogP contribution in [-0.2, 0) is 4.79 Å². The first kappa shape index (κ1) is 23.4. The molecule has 35 heavy (non-hydrogen) atoms. The minimum absolute atomic E-state index is 0.167. The zero-order valence-corrected chi connectivity index (χ0v) is 21.0. The Morgan fingerprint density at radius 1 is 1.17 bits per heavy atom. The molecule has 7 nitrogen and oxygen atoms in total. The fourth-order valence-corrected chi connectivity index (χ4v) is 5.74. The highest BCUT2D eigenvalue weighted by Crippen LogP contribution is 2.33. The maximum absolute atomic E-state index is 13.5. The first-order valence-electron chi connectivity index (χ1n) is 11.3. The summed E-state index contributed by atoms with van der Waals surface area (Å²) in [6.45, 7) is 0.381. The van der Waals surface area contributed by atoms with E-state index < -0.39 is 6.04 Å². The van der Waals surface area contributed by atoms with Crippen molar-refractivity contribution in [1.82, 2.24) is 10.2 Å². The van der Waals surface area contributed by atoms with Gasteiger partial charge in [0.25, 0.3) is 11.8 Å². The van der Waals surface area contributed by atoms with Gasteiger partial charge in [0.15, 0.2) is 0 Å². The SMILES string of the molecule is COc1cc(SC)ccc1C(=O)N[C@H]1CCN2C(=O)c3cc(-c4ccsc4)ccc3NC(=O)[C@@H]2C1. The van der Waals surface area contributed by atoms with Crippen molar-refractivity contribution < 1.29 is 19.1 Å². The van der Waals surface area contributed by atoms with Gasteiger partial charge in [0.05, 0.1) is 23.9 Å². The Morgan fingerprint density at radius 2 is 2.03 bits per heavy atom. The van der Waals surface area contributed by atoms with Crippen LogP contribution in [0.5, 0.6) is 5.75 Å². The van der Waals surface area contributed by atoms with Gasteiger partial charge in [-0.25, -0.2) is 0 Å². The highest BCUT2D eigenvalue weighted by molar-refractivity contribution is 7.98. The lowest BCUT2D eigenvalue weighted by Crippen LogP contribution is -2.55. The van der Waals surface area contributed by atoms with Crippen LogP contribution in [0.2, 0.25) is 0 Å². The van der Waals surface area contributed by atoms with E-state index in [1.165, 1.54) is 7.11 Å². The Bertz CT molecular complexity index is 1290. The van der Waals surface area contributed by atoms with Crippen molar-refractivity contribution in [3.8, 4) is 16.9 Å². The lowest BCUT2D eigenvalue weighted by atomic mass is 9.95. The number of carbonyl (C=O) groups is 3. The first-order chi connectivity index (χ1) is 17.0. The summed E-state index contributed by atoms with van der Waals surface area (Å²) in [5, 5.41) is 9.99. The summed E-state index contributed by atoms with van der Waals surface area (Å²) < 4.78 is 5.41. The number of amides is 3. The molecule has 3 heterocycles. The van der Waals surface area contributed by atoms with Crippen LogP contribution >= 0.6 is 23.1 Å². The second-order valence-electron chi connectivity index (χ2n) is 8.54. The average molecular weight is 508 g/mol. The van der Waals surface area contributed by atoms with Crippen LogP contribution in [0.3, 0.4) is 0 Å². The molecule has 3 aromatic rings. The molecule has 3 amide bonds. The molecule has 2 atom stereocenters. The summed E-state index contributed by atoms with van der Waals surface area (Å²) in [5.41, 5.74) is 3.44. The van der Waals surface area contributed by atoms with Gasteiger partial charge >= 0.3 is 0 Å². The van der Waals surface area contributed by atoms with Crippen molar-refractivity contribution in [2.75, 3.05) is 25.2 Å². The molecule has 2 aromatic carbocycles. The number of ether oxygens (including phenoxy) is 1. The molecule has 1 fully saturated rings. The van der Waals surface area contributed by atoms with Crippen molar-refractivity contribution in [3.05, 3.63) is 64.4 Å². The molecule has 0 unspecified atom stereocenters. The average Bonchev–Trinajstić information content (AvgIpc) is 3.40. The smallest absolute Gasteiger partial charge is 0.256 e. The highest BCUT2D eigenvalue weighted by Gasteiger charge is 2.40. The zero-order chi connectivity index (χ0) is 24.5. The van der Waals surface area contributed by atoms with Gasteiger partial charge < -0.3 is 20.3 Å². The molecule has 1 aromatic heterocycles. The normalized spacial score (nSPS) is 19.3. The number of rotatable bonds is 5. The Kier molecular flexibility index (Phi) is 6.53. The van der Waals surface area contributed by atoms with Crippen LogP contribution < -0.4 is 15.4 Å². The van der Waals surface area contributed by atoms with E-state index in [-0.39, 0.29) is 23.8 Å². The van der Waals surface area contributed by atoms with Crippen LogP contribution in [0.4, 0.5) is 5.69 Å². The Morgan fingerprint density at radius 3 is 2.77 bits per heavy atom. The number of benzene rings is 2. The highest BCUT2D eigenvalue weighted by atomic mass is 32.2. The molecule has 1 saturated heterocycles. The van der Waals surface area contributed by atoms with Gasteiger partial charge in [0, 0.05) is 17.5 Å². The number of nitrogens with one attached hydrogen (secondary N) is 2. The van der Waals surface area contributed by atoms with Crippen molar-refractivity contribution >= 4 is 46.5 Å². The monoisotopic (exact) mass is 507 g/mol. The summed E-state index contributed by atoms with van der Waals surface area (Å²) in [6, 6.07) is 12.1. The van der Waals surface area contributed by atoms with Gasteiger partial charge in [-0.05, 0) is 77.4 Å². The molecule has 0 bridgehead atoms. The molecule has 2 N–H and O–H groups in total. The van der Waals surface area contributed by atoms with E-state index >= 15 is 0 Å². The molecule has 2 aliphatic rings. The fourth-order valence-electron chi connectivity index (χ4n) is 4.65. The Labute approximate surface area is 211 Å². The van der Waals surface area contributed by atoms with E-state index in [4.69, 9.17) is 4.74 Å². The summed E-state index contributed by atoms with van der Waals surface area (Å²) in [7, 11) is 1.54. The molecule has 0 aliphatic carbocycles. The van der Waals surface area contributed by atoms with E-state index in [1.807, 2.05) is 47.3 Å². The van der Waals surface area contributed by atoms with Gasteiger partial charge in [-0.1, -0.05) is 6.07 Å². The van der Waals surface area contributed by atoms with Gasteiger partial charge in [0.1, 0.15) is 11.8 Å². The van der Waals surface area contributed by atoms with Gasteiger partial charge in [-0.3, -0.25) is 14.4 Å². The van der Waals surface area contributed by atoms with Gasteiger partial charge in [0.2, 0.25) is 5.91 Å². The lowest BCUT2D eigenvalue weighted by Gasteiger charge is -2.37. The van der Waals surface area contributed by atoms with Crippen LogP contribution in [-0.4, -0.2) is 54.6 Å². The van der Waals surface area contributed by atoms with Crippen LogP contribution in [0.15, 0.2) is 58.1 Å². The number of piperidine rings is 1. The molecule has 5 rings (SSSR count). The second kappa shape index (κ2) is 9.75. The molecule has 2 aliphatic heterocycles. The molecule has 180 valence electrons. The maximum Gasteiger partial charge on any atom is 0.256 e. The number of thiophene rings is 1. The second-order valence-corrected chi connectivity index (χ2v) is 10.2. The van der Waals surface area contributed by atoms with Crippen molar-refractivity contribution in [1.29, 1.82) is 0 Å². The van der Waals surface area contributed by atoms with E-state index in [9.17, 15) is 14.4 Å². The largest absolute Gasteiger partial charge is 0.496 e. The number of fused-ring (bicyclic) bond motifs is 2. The lowest BCUT2D eigenvalue weighted by molar-refractivity contribution is -0.121. The Hall–Kier alpha value is -3.30. The number of methoxy groups -OCH3 is 1. The van der Waals surface area contributed by atoms with E-state index in [2.05, 4.69) is 10.6 Å². The Balaban J connectivity index is 1.34. The van der Waals surface area contributed by atoms with Crippen LogP contribution in [0, 0.1) is 0 Å². The quantitative estimate of drug-likeness (QED) is 0.497. The number of anilines is 1. The molecule has 0 saturated carbocycles. The van der Waals surface area contributed by atoms with E-state index in [0.717, 1.165) is 16.0 Å². The summed E-state index contributed by atoms with van der Waals surface area (Å²) in [4.78, 5) is 42.2. The van der Waals surface area contributed by atoms with Crippen LogP contribution in [0.1, 0.15) is 33.6 Å². The summed E-state index contributed by atoms with van der Waals surface area (Å²) in [6.07, 6.45) is 2.87. The van der Waals surface area contributed by atoms with E-state index in [1.54, 1.807) is 40.1 Å². The minimum Gasteiger partial charge on any atom is -0.496 e. The third kappa shape index (κ3) is 4.53. The molecule has 0 radical (unpaired) electrons. The number of hydrogen-bond donors (Lipinski definition) is 2. The fraction of sp³-hybridized carbons (Fsp3) is 0.269. The zero-order valence-electron chi connectivity index (χ0n) is 19.4. The molecule has 9 heteroatoms. The molecule has 0 spiro atoms. The van der Waals surface area contributed by atoms with Crippen molar-refractivity contribution in [2.45, 2.75) is 29.8 Å². The van der Waals surface area contributed by atoms with Crippen LogP contribution in [0.25, 0.3) is 11.1 Å². The summed E-state index contributed by atoms with van der Waals surface area (Å²) in [5.74, 6) is -0.149. The summed E-state index contributed by atoms with van der Waals surface area (Å²) >= 11 is 3.17. The number of thioether (sulfide) groups is 1. The first-order valence-corrected chi connectivity index (χ1v) is 13.5. The number of nitrogens with zero attached hydrogens (tertiary/aromatic N) is 1. The van der Waals surface area contributed by atoms with Gasteiger partial charge in [-0.15, -0.1) is 11.8 Å². The molecular formula is C26H25N3O4S2. The molecular weight excluding hydrogens is 482 g/mol. The number of carbonyl (C=O) groups excluding carboxylic acids is 3. The number of hydrogen-bond acceptors (Lipinski definition) is 6. The van der Waals surface area contributed by atoms with Gasteiger partial charge in [-0.2, -0.15) is 11.3 Å². The third-order valence-electron chi connectivity index (χ3n) is 6.52. The topological polar surface area (TPSA) is 87.7 Å². The minimum atomic E-state index is -0.653. The van der Waals surface area contributed by atoms with Crippen molar-refractivity contribution in [3.63, 3.8) is 0 Å². The standard InChI is InChI=1S/C26H25N3O4S2/c1-33-23-13-18(34-2)4-5-19(23)24(30)27-17-7-9-29-22(12-17)25(31)28-21-6-3-15(11-20(21)26(29)32)16-8-10-35-14-16/h3-6,8,10-11,13-14,17,22H,7,9,12H2,1-2H3,(H,27,30)(H,28,31)/t17-,22-/m0/s1. The predicted molar refractivity (Wildman–Crippen MR) is 138 cm³/mol. The predicted octanol–water partition coefficient (Wildman–Crippen LogP) is 4.50. The maximum atomic E-state index is 13.5.